The van der Waals surface area contributed by atoms with E-state index in [1.165, 1.54) is 25.1 Å². The second-order valence-corrected chi connectivity index (χ2v) is 9.10. The van der Waals surface area contributed by atoms with Gasteiger partial charge in [0, 0.05) is 17.0 Å². The lowest BCUT2D eigenvalue weighted by Gasteiger charge is -2.28. The van der Waals surface area contributed by atoms with Crippen LogP contribution in [0.2, 0.25) is 0 Å². The lowest BCUT2D eigenvalue weighted by atomic mass is 10.2. The van der Waals surface area contributed by atoms with E-state index in [9.17, 15) is 23.3 Å². The molecule has 2 aromatic carbocycles. The molecule has 10 heteroatoms. The van der Waals surface area contributed by atoms with Crippen molar-refractivity contribution in [1.29, 1.82) is 0 Å². The molecule has 1 N–H and O–H groups in total. The van der Waals surface area contributed by atoms with Crippen LogP contribution >= 0.6 is 11.8 Å². The van der Waals surface area contributed by atoms with Crippen molar-refractivity contribution >= 4 is 44.8 Å². The molecule has 8 nitrogen and oxygen atoms in total. The summed E-state index contributed by atoms with van der Waals surface area (Å²) < 4.78 is 25.6. The van der Waals surface area contributed by atoms with Gasteiger partial charge in [0.2, 0.25) is 15.9 Å². The Morgan fingerprint density at radius 1 is 1.25 bits per heavy atom. The lowest BCUT2D eigenvalue weighted by Crippen LogP contribution is -2.45. The fraction of sp³-hybridized carbons (Fsp3) is 0.278. The second-order valence-electron chi connectivity index (χ2n) is 5.93. The summed E-state index contributed by atoms with van der Waals surface area (Å²) in [6.07, 6.45) is 0.955. The minimum atomic E-state index is -3.87. The second kappa shape index (κ2) is 9.07. The number of hydrogen-bond acceptors (Lipinski definition) is 6. The number of benzene rings is 2. The van der Waals surface area contributed by atoms with Crippen molar-refractivity contribution in [1.82, 2.24) is 0 Å². The number of anilines is 2. The quantitative estimate of drug-likeness (QED) is 0.395. The summed E-state index contributed by atoms with van der Waals surface area (Å²) in [7, 11) is -3.87. The maximum atomic E-state index is 12.8. The number of nitro benzene ring substituents is 1. The van der Waals surface area contributed by atoms with E-state index in [1.807, 2.05) is 19.1 Å². The Bertz CT molecular complexity index is 979. The van der Waals surface area contributed by atoms with Gasteiger partial charge in [-0.25, -0.2) is 8.42 Å². The first-order valence-corrected chi connectivity index (χ1v) is 11.2. The molecule has 0 fully saturated rings. The van der Waals surface area contributed by atoms with Gasteiger partial charge >= 0.3 is 0 Å². The smallest absolute Gasteiger partial charge is 0.271 e. The minimum absolute atomic E-state index is 0.0515. The number of nitrogens with one attached hydrogen (secondary N) is 1. The highest BCUT2D eigenvalue weighted by Crippen LogP contribution is 2.28. The van der Waals surface area contributed by atoms with Gasteiger partial charge in [0.15, 0.2) is 0 Å². The summed E-state index contributed by atoms with van der Waals surface area (Å²) in [5.41, 5.74) is 0.373. The SMILES string of the molecule is CCSc1ccccc1NC(=O)[C@@H](C)N(c1cccc([N+](=O)[O-])c1)S(C)(=O)=O. The molecule has 0 aliphatic rings. The normalized spacial score (nSPS) is 12.2. The van der Waals surface area contributed by atoms with Crippen LogP contribution in [-0.2, 0) is 14.8 Å². The first-order chi connectivity index (χ1) is 13.1. The molecule has 1 amide bonds. The van der Waals surface area contributed by atoms with Crippen molar-refractivity contribution in [3.05, 3.63) is 58.6 Å². The average Bonchev–Trinajstić information content (AvgIpc) is 2.62. The molecular formula is C18H21N3O5S2. The fourth-order valence-electron chi connectivity index (χ4n) is 2.64. The number of carbonyl (C=O) groups is 1. The average molecular weight is 424 g/mol. The molecule has 0 aliphatic carbocycles. The zero-order valence-corrected chi connectivity index (χ0v) is 17.3. The van der Waals surface area contributed by atoms with Crippen molar-refractivity contribution in [3.63, 3.8) is 0 Å². The summed E-state index contributed by atoms with van der Waals surface area (Å²) in [4.78, 5) is 24.1. The predicted molar refractivity (Wildman–Crippen MR) is 111 cm³/mol. The third-order valence-electron chi connectivity index (χ3n) is 3.83. The molecule has 0 unspecified atom stereocenters. The number of nitro groups is 1. The standard InChI is InChI=1S/C18H21N3O5S2/c1-4-27-17-11-6-5-10-16(17)19-18(22)13(2)20(28(3,25)26)14-8-7-9-15(12-14)21(23)24/h5-13H,4H2,1-3H3,(H,19,22)/t13-/m1/s1. The van der Waals surface area contributed by atoms with Gasteiger partial charge in [-0.15, -0.1) is 11.8 Å². The molecule has 0 spiro atoms. The van der Waals surface area contributed by atoms with Crippen LogP contribution in [0.25, 0.3) is 0 Å². The Morgan fingerprint density at radius 2 is 1.93 bits per heavy atom. The zero-order chi connectivity index (χ0) is 20.9. The van der Waals surface area contributed by atoms with Crippen molar-refractivity contribution in [2.75, 3.05) is 21.6 Å². The molecule has 0 aromatic heterocycles. The molecule has 0 saturated carbocycles. The van der Waals surface area contributed by atoms with Gasteiger partial charge < -0.3 is 5.32 Å². The number of carbonyl (C=O) groups excluding carboxylic acids is 1. The Hall–Kier alpha value is -2.59. The number of hydrogen-bond donors (Lipinski definition) is 1. The van der Waals surface area contributed by atoms with Gasteiger partial charge in [-0.05, 0) is 30.9 Å². The molecule has 2 aromatic rings. The fourth-order valence-corrected chi connectivity index (χ4v) is 4.57. The van der Waals surface area contributed by atoms with Crippen LogP contribution < -0.4 is 9.62 Å². The predicted octanol–water partition coefficient (Wildman–Crippen LogP) is 3.50. The zero-order valence-electron chi connectivity index (χ0n) is 15.7. The van der Waals surface area contributed by atoms with E-state index in [1.54, 1.807) is 23.9 Å². The molecule has 0 aliphatic heterocycles. The Morgan fingerprint density at radius 3 is 2.54 bits per heavy atom. The molecule has 0 bridgehead atoms. The van der Waals surface area contributed by atoms with Gasteiger partial charge in [-0.2, -0.15) is 0 Å². The van der Waals surface area contributed by atoms with E-state index in [-0.39, 0.29) is 11.4 Å². The maximum Gasteiger partial charge on any atom is 0.271 e. The van der Waals surface area contributed by atoms with Crippen LogP contribution in [0.4, 0.5) is 17.1 Å². The van der Waals surface area contributed by atoms with Crippen LogP contribution in [0.3, 0.4) is 0 Å². The van der Waals surface area contributed by atoms with Crippen LogP contribution in [0.15, 0.2) is 53.4 Å². The third-order valence-corrected chi connectivity index (χ3v) is 6.03. The van der Waals surface area contributed by atoms with E-state index in [0.717, 1.165) is 27.3 Å². The van der Waals surface area contributed by atoms with E-state index >= 15 is 0 Å². The monoisotopic (exact) mass is 423 g/mol. The lowest BCUT2D eigenvalue weighted by molar-refractivity contribution is -0.384. The molecule has 0 heterocycles. The highest BCUT2D eigenvalue weighted by atomic mass is 32.2. The first-order valence-electron chi connectivity index (χ1n) is 8.41. The highest BCUT2D eigenvalue weighted by Gasteiger charge is 2.30. The third kappa shape index (κ3) is 5.23. The molecule has 0 saturated heterocycles. The van der Waals surface area contributed by atoms with E-state index in [2.05, 4.69) is 5.32 Å². The Labute approximate surface area is 168 Å². The molecule has 0 radical (unpaired) electrons. The van der Waals surface area contributed by atoms with Gasteiger partial charge in [0.25, 0.3) is 5.69 Å². The van der Waals surface area contributed by atoms with Crippen molar-refractivity contribution in [3.8, 4) is 0 Å². The maximum absolute atomic E-state index is 12.8. The minimum Gasteiger partial charge on any atom is -0.323 e. The van der Waals surface area contributed by atoms with Gasteiger partial charge in [0.05, 0.1) is 22.6 Å². The molecule has 1 atom stereocenters. The largest absolute Gasteiger partial charge is 0.323 e. The van der Waals surface area contributed by atoms with E-state index in [4.69, 9.17) is 0 Å². The number of amides is 1. The first kappa shape index (κ1) is 21.7. The summed E-state index contributed by atoms with van der Waals surface area (Å²) in [6, 6.07) is 11.3. The van der Waals surface area contributed by atoms with Gasteiger partial charge in [0.1, 0.15) is 6.04 Å². The molecule has 150 valence electrons. The summed E-state index contributed by atoms with van der Waals surface area (Å²) >= 11 is 1.55. The number of nitrogens with zero attached hydrogens (tertiary/aromatic N) is 2. The molecule has 28 heavy (non-hydrogen) atoms. The van der Waals surface area contributed by atoms with Crippen LogP contribution in [0.1, 0.15) is 13.8 Å². The number of non-ortho nitro benzene ring substituents is 1. The Kier molecular flexibility index (Phi) is 7.03. The van der Waals surface area contributed by atoms with Crippen LogP contribution in [-0.4, -0.2) is 37.3 Å². The number of rotatable bonds is 8. The molecule has 2 rings (SSSR count). The van der Waals surface area contributed by atoms with Crippen molar-refractivity contribution in [2.45, 2.75) is 24.8 Å². The number of thioether (sulfide) groups is 1. The van der Waals surface area contributed by atoms with Crippen molar-refractivity contribution in [2.24, 2.45) is 0 Å². The van der Waals surface area contributed by atoms with Crippen molar-refractivity contribution < 1.29 is 18.1 Å². The highest BCUT2D eigenvalue weighted by molar-refractivity contribution is 7.99. The Balaban J connectivity index is 2.36. The van der Waals surface area contributed by atoms with E-state index in [0.29, 0.717) is 5.69 Å². The van der Waals surface area contributed by atoms with Crippen LogP contribution in [0.5, 0.6) is 0 Å². The molecular weight excluding hydrogens is 402 g/mol. The summed E-state index contributed by atoms with van der Waals surface area (Å²) in [5.74, 6) is 0.270. The number of sulfonamides is 1. The summed E-state index contributed by atoms with van der Waals surface area (Å²) in [5, 5.41) is 13.8. The number of para-hydroxylation sites is 1. The van der Waals surface area contributed by atoms with Crippen LogP contribution in [0, 0.1) is 10.1 Å². The van der Waals surface area contributed by atoms with Gasteiger partial charge in [-0.1, -0.05) is 25.1 Å². The van der Waals surface area contributed by atoms with E-state index < -0.39 is 26.9 Å². The van der Waals surface area contributed by atoms with Gasteiger partial charge in [-0.3, -0.25) is 19.2 Å². The summed E-state index contributed by atoms with van der Waals surface area (Å²) in [6.45, 7) is 3.42. The topological polar surface area (TPSA) is 110 Å².